The summed E-state index contributed by atoms with van der Waals surface area (Å²) < 4.78 is 1.35. The lowest BCUT2D eigenvalue weighted by Crippen LogP contribution is -2.15. The molecule has 1 amide bonds. The van der Waals surface area contributed by atoms with E-state index in [2.05, 4.69) is 15.4 Å². The average molecular weight is 360 g/mol. The number of amides is 1. The second-order valence-electron chi connectivity index (χ2n) is 5.10. The van der Waals surface area contributed by atoms with Crippen molar-refractivity contribution >= 4 is 39.7 Å². The van der Waals surface area contributed by atoms with Crippen LogP contribution in [0.2, 0.25) is 0 Å². The Balaban J connectivity index is 1.83. The van der Waals surface area contributed by atoms with Crippen LogP contribution in [0.15, 0.2) is 40.0 Å². The minimum atomic E-state index is -0.165. The van der Waals surface area contributed by atoms with Gasteiger partial charge < -0.3 is 5.32 Å². The molecule has 0 saturated carbocycles. The summed E-state index contributed by atoms with van der Waals surface area (Å²) in [5.41, 5.74) is 1.30. The molecule has 24 heavy (non-hydrogen) atoms. The van der Waals surface area contributed by atoms with Gasteiger partial charge >= 0.3 is 0 Å². The van der Waals surface area contributed by atoms with Crippen molar-refractivity contribution < 1.29 is 4.79 Å². The number of hydrogen-bond donors (Lipinski definition) is 1. The van der Waals surface area contributed by atoms with Crippen LogP contribution in [0.1, 0.15) is 24.5 Å². The standard InChI is InChI=1S/C16H16N4O2S2/c1-3-14-19-20-15(22)8-11(18-16(20)24-14)9-23-13-7-5-4-6-12(13)17-10(2)21/h4-8H,3,9H2,1-2H3,(H,17,21). The Bertz CT molecular complexity index is 949. The van der Waals surface area contributed by atoms with Gasteiger partial charge in [-0.25, -0.2) is 4.98 Å². The van der Waals surface area contributed by atoms with E-state index in [1.54, 1.807) is 0 Å². The van der Waals surface area contributed by atoms with Crippen molar-refractivity contribution in [1.29, 1.82) is 0 Å². The van der Waals surface area contributed by atoms with Crippen molar-refractivity contribution in [2.24, 2.45) is 0 Å². The summed E-state index contributed by atoms with van der Waals surface area (Å²) in [5.74, 6) is 0.430. The fraction of sp³-hybridized carbons (Fsp3) is 0.250. The van der Waals surface area contributed by atoms with E-state index in [1.807, 2.05) is 31.2 Å². The van der Waals surface area contributed by atoms with E-state index in [4.69, 9.17) is 0 Å². The number of aromatic nitrogens is 3. The van der Waals surface area contributed by atoms with Crippen LogP contribution < -0.4 is 10.9 Å². The highest BCUT2D eigenvalue weighted by Gasteiger charge is 2.10. The number of nitrogens with zero attached hydrogens (tertiary/aromatic N) is 3. The summed E-state index contributed by atoms with van der Waals surface area (Å²) in [7, 11) is 0. The lowest BCUT2D eigenvalue weighted by Gasteiger charge is -2.08. The zero-order chi connectivity index (χ0) is 17.1. The summed E-state index contributed by atoms with van der Waals surface area (Å²) in [6.45, 7) is 3.48. The Morgan fingerprint density at radius 1 is 1.38 bits per heavy atom. The first kappa shape index (κ1) is 16.7. The first-order valence-corrected chi connectivity index (χ1v) is 9.25. The monoisotopic (exact) mass is 360 g/mol. The Kier molecular flexibility index (Phi) is 4.96. The van der Waals surface area contributed by atoms with Crippen LogP contribution in [0.3, 0.4) is 0 Å². The van der Waals surface area contributed by atoms with Crippen molar-refractivity contribution in [1.82, 2.24) is 14.6 Å². The maximum Gasteiger partial charge on any atom is 0.275 e. The van der Waals surface area contributed by atoms with E-state index < -0.39 is 0 Å². The molecule has 0 saturated heterocycles. The molecule has 1 aromatic carbocycles. The van der Waals surface area contributed by atoms with Gasteiger partial charge in [0, 0.05) is 23.6 Å². The van der Waals surface area contributed by atoms with Crippen molar-refractivity contribution in [3.8, 4) is 0 Å². The molecule has 0 aliphatic carbocycles. The summed E-state index contributed by atoms with van der Waals surface area (Å²) >= 11 is 2.96. The molecule has 0 unspecified atom stereocenters. The SMILES string of the molecule is CCc1nn2c(=O)cc(CSc3ccccc3NC(C)=O)nc2s1. The summed E-state index contributed by atoms with van der Waals surface area (Å²) in [6.07, 6.45) is 0.779. The zero-order valence-electron chi connectivity index (χ0n) is 13.3. The number of anilines is 1. The molecular formula is C16H16N4O2S2. The lowest BCUT2D eigenvalue weighted by molar-refractivity contribution is -0.114. The quantitative estimate of drug-likeness (QED) is 0.708. The van der Waals surface area contributed by atoms with Gasteiger partial charge in [-0.3, -0.25) is 9.59 Å². The highest BCUT2D eigenvalue weighted by atomic mass is 32.2. The molecule has 0 bridgehead atoms. The predicted octanol–water partition coefficient (Wildman–Crippen LogP) is 2.96. The first-order chi connectivity index (χ1) is 11.6. The molecule has 0 spiro atoms. The molecule has 0 aliphatic heterocycles. The van der Waals surface area contributed by atoms with Crippen LogP contribution in [0.5, 0.6) is 0 Å². The number of thioether (sulfide) groups is 1. The molecule has 6 nitrogen and oxygen atoms in total. The first-order valence-electron chi connectivity index (χ1n) is 7.45. The minimum Gasteiger partial charge on any atom is -0.325 e. The van der Waals surface area contributed by atoms with Crippen molar-refractivity contribution in [3.05, 3.63) is 51.4 Å². The van der Waals surface area contributed by atoms with Crippen molar-refractivity contribution in [2.45, 2.75) is 30.9 Å². The molecule has 3 rings (SSSR count). The summed E-state index contributed by atoms with van der Waals surface area (Å²) in [6, 6.07) is 9.08. The average Bonchev–Trinajstić information content (AvgIpc) is 2.97. The number of nitrogens with one attached hydrogen (secondary N) is 1. The van der Waals surface area contributed by atoms with E-state index in [1.165, 1.54) is 40.6 Å². The van der Waals surface area contributed by atoms with Gasteiger partial charge in [0.2, 0.25) is 10.9 Å². The van der Waals surface area contributed by atoms with E-state index in [-0.39, 0.29) is 11.5 Å². The third-order valence-electron chi connectivity index (χ3n) is 3.22. The van der Waals surface area contributed by atoms with E-state index in [9.17, 15) is 9.59 Å². The van der Waals surface area contributed by atoms with Gasteiger partial charge in [-0.05, 0) is 18.6 Å². The van der Waals surface area contributed by atoms with Gasteiger partial charge in [0.1, 0.15) is 5.01 Å². The van der Waals surface area contributed by atoms with Crippen LogP contribution in [-0.2, 0) is 17.0 Å². The topological polar surface area (TPSA) is 76.4 Å². The van der Waals surface area contributed by atoms with Gasteiger partial charge in [0.25, 0.3) is 5.56 Å². The highest BCUT2D eigenvalue weighted by molar-refractivity contribution is 7.98. The molecule has 0 atom stereocenters. The Hall–Kier alpha value is -2.19. The summed E-state index contributed by atoms with van der Waals surface area (Å²) in [4.78, 5) is 29.5. The third kappa shape index (κ3) is 3.65. The molecule has 124 valence electrons. The van der Waals surface area contributed by atoms with Crippen molar-refractivity contribution in [3.63, 3.8) is 0 Å². The molecule has 2 aromatic heterocycles. The normalized spacial score (nSPS) is 10.9. The molecular weight excluding hydrogens is 344 g/mol. The number of para-hydroxylation sites is 1. The van der Waals surface area contributed by atoms with Gasteiger partial charge in [-0.2, -0.15) is 9.61 Å². The number of hydrogen-bond acceptors (Lipinski definition) is 6. The molecule has 1 N–H and O–H groups in total. The number of carbonyl (C=O) groups excluding carboxylic acids is 1. The van der Waals surface area contributed by atoms with Crippen LogP contribution in [0, 0.1) is 0 Å². The zero-order valence-corrected chi connectivity index (χ0v) is 14.9. The summed E-state index contributed by atoms with van der Waals surface area (Å²) in [5, 5.41) is 7.94. The van der Waals surface area contributed by atoms with Crippen LogP contribution in [-0.4, -0.2) is 20.5 Å². The Labute approximate surface area is 146 Å². The highest BCUT2D eigenvalue weighted by Crippen LogP contribution is 2.29. The van der Waals surface area contributed by atoms with E-state index >= 15 is 0 Å². The number of benzene rings is 1. The van der Waals surface area contributed by atoms with Gasteiger partial charge in [0.05, 0.1) is 11.4 Å². The van der Waals surface area contributed by atoms with Crippen LogP contribution in [0.25, 0.3) is 4.96 Å². The second-order valence-corrected chi connectivity index (χ2v) is 7.15. The maximum atomic E-state index is 12.2. The third-order valence-corrected chi connectivity index (χ3v) is 5.38. The smallest absolute Gasteiger partial charge is 0.275 e. The van der Waals surface area contributed by atoms with Crippen LogP contribution in [0.4, 0.5) is 5.69 Å². The molecule has 0 aliphatic rings. The molecule has 0 fully saturated rings. The predicted molar refractivity (Wildman–Crippen MR) is 96.8 cm³/mol. The van der Waals surface area contributed by atoms with E-state index in [0.717, 1.165) is 22.0 Å². The molecule has 3 aromatic rings. The number of rotatable bonds is 5. The number of carbonyl (C=O) groups is 1. The molecule has 0 radical (unpaired) electrons. The van der Waals surface area contributed by atoms with Gasteiger partial charge in [0.15, 0.2) is 0 Å². The second kappa shape index (κ2) is 7.14. The minimum absolute atomic E-state index is 0.113. The van der Waals surface area contributed by atoms with Gasteiger partial charge in [-0.1, -0.05) is 30.4 Å². The maximum absolute atomic E-state index is 12.2. The number of aryl methyl sites for hydroxylation is 1. The fourth-order valence-corrected chi connectivity index (χ4v) is 3.91. The van der Waals surface area contributed by atoms with Crippen LogP contribution >= 0.6 is 23.1 Å². The fourth-order valence-electron chi connectivity index (χ4n) is 2.15. The lowest BCUT2D eigenvalue weighted by atomic mass is 10.3. The molecule has 8 heteroatoms. The molecule has 2 heterocycles. The number of fused-ring (bicyclic) bond motifs is 1. The van der Waals surface area contributed by atoms with Gasteiger partial charge in [-0.15, -0.1) is 11.8 Å². The largest absolute Gasteiger partial charge is 0.325 e. The van der Waals surface area contributed by atoms with Crippen molar-refractivity contribution in [2.75, 3.05) is 5.32 Å². The Morgan fingerprint density at radius 3 is 2.92 bits per heavy atom. The Morgan fingerprint density at radius 2 is 2.17 bits per heavy atom. The van der Waals surface area contributed by atoms with E-state index in [0.29, 0.717) is 16.4 Å².